The highest BCUT2D eigenvalue weighted by Gasteiger charge is 2.17. The largest absolute Gasteiger partial charge is 0.493 e. The zero-order valence-electron chi connectivity index (χ0n) is 11.5. The first-order chi connectivity index (χ1) is 9.55. The maximum atomic E-state index is 6.24. The Morgan fingerprint density at radius 3 is 2.65 bits per heavy atom. The van der Waals surface area contributed by atoms with Crippen molar-refractivity contribution in [3.05, 3.63) is 23.0 Å². The number of aromatic nitrogens is 2. The molecule has 0 saturated heterocycles. The molecule has 0 radical (unpaired) electrons. The Balaban J connectivity index is 2.44. The summed E-state index contributed by atoms with van der Waals surface area (Å²) >= 11 is 6.24. The highest BCUT2D eigenvalue weighted by Crippen LogP contribution is 2.37. The van der Waals surface area contributed by atoms with E-state index in [4.69, 9.17) is 31.3 Å². The van der Waals surface area contributed by atoms with E-state index in [-0.39, 0.29) is 12.6 Å². The van der Waals surface area contributed by atoms with Gasteiger partial charge in [-0.1, -0.05) is 16.8 Å². The Kier molecular flexibility index (Phi) is 4.46. The van der Waals surface area contributed by atoms with Gasteiger partial charge in [-0.15, -0.1) is 0 Å². The van der Waals surface area contributed by atoms with E-state index in [2.05, 4.69) is 10.1 Å². The molecule has 0 saturated carbocycles. The summed E-state index contributed by atoms with van der Waals surface area (Å²) < 4.78 is 15.9. The van der Waals surface area contributed by atoms with Crippen molar-refractivity contribution in [3.8, 4) is 22.9 Å². The molecule has 108 valence electrons. The Hall–Kier alpha value is -1.79. The first-order valence-electron chi connectivity index (χ1n) is 6.12. The molecule has 1 heterocycles. The molecule has 0 spiro atoms. The van der Waals surface area contributed by atoms with Crippen molar-refractivity contribution in [3.63, 3.8) is 0 Å². The van der Waals surface area contributed by atoms with E-state index in [0.29, 0.717) is 33.8 Å². The van der Waals surface area contributed by atoms with Gasteiger partial charge in [0.05, 0.1) is 24.8 Å². The van der Waals surface area contributed by atoms with Crippen molar-refractivity contribution in [2.75, 3.05) is 7.11 Å². The van der Waals surface area contributed by atoms with Crippen molar-refractivity contribution in [1.29, 1.82) is 0 Å². The van der Waals surface area contributed by atoms with Gasteiger partial charge < -0.3 is 19.7 Å². The molecule has 6 nitrogen and oxygen atoms in total. The van der Waals surface area contributed by atoms with Gasteiger partial charge in [0.15, 0.2) is 11.5 Å². The lowest BCUT2D eigenvalue weighted by Gasteiger charge is -2.14. The van der Waals surface area contributed by atoms with E-state index >= 15 is 0 Å². The van der Waals surface area contributed by atoms with Gasteiger partial charge in [-0.3, -0.25) is 0 Å². The monoisotopic (exact) mass is 297 g/mol. The lowest BCUT2D eigenvalue weighted by molar-refractivity contribution is 0.230. The van der Waals surface area contributed by atoms with Crippen molar-refractivity contribution >= 4 is 11.6 Å². The van der Waals surface area contributed by atoms with Crippen LogP contribution in [0.15, 0.2) is 16.7 Å². The molecule has 20 heavy (non-hydrogen) atoms. The highest BCUT2D eigenvalue weighted by molar-refractivity contribution is 6.33. The van der Waals surface area contributed by atoms with E-state index < -0.39 is 0 Å². The predicted molar refractivity (Wildman–Crippen MR) is 75.0 cm³/mol. The summed E-state index contributed by atoms with van der Waals surface area (Å²) in [6.07, 6.45) is 0.0137. The molecular weight excluding hydrogens is 282 g/mol. The highest BCUT2D eigenvalue weighted by atomic mass is 35.5. The van der Waals surface area contributed by atoms with Crippen LogP contribution in [0.1, 0.15) is 19.7 Å². The van der Waals surface area contributed by atoms with Gasteiger partial charge in [-0.25, -0.2) is 0 Å². The summed E-state index contributed by atoms with van der Waals surface area (Å²) in [5.74, 6) is 1.83. The summed E-state index contributed by atoms with van der Waals surface area (Å²) in [4.78, 5) is 4.14. The third-order valence-electron chi connectivity index (χ3n) is 2.50. The number of hydrogen-bond donors (Lipinski definition) is 1. The number of nitrogens with two attached hydrogens (primary N) is 1. The van der Waals surface area contributed by atoms with Crippen molar-refractivity contribution in [1.82, 2.24) is 10.1 Å². The number of benzene rings is 1. The van der Waals surface area contributed by atoms with E-state index in [1.807, 2.05) is 13.8 Å². The van der Waals surface area contributed by atoms with Crippen LogP contribution in [-0.4, -0.2) is 23.4 Å². The van der Waals surface area contributed by atoms with Crippen molar-refractivity contribution in [2.45, 2.75) is 26.5 Å². The smallest absolute Gasteiger partial charge is 0.240 e. The number of rotatable bonds is 5. The zero-order chi connectivity index (χ0) is 14.7. The van der Waals surface area contributed by atoms with Gasteiger partial charge in [0.1, 0.15) is 0 Å². The van der Waals surface area contributed by atoms with Crippen LogP contribution in [0.25, 0.3) is 11.4 Å². The van der Waals surface area contributed by atoms with Gasteiger partial charge >= 0.3 is 0 Å². The fourth-order valence-corrected chi connectivity index (χ4v) is 1.90. The third kappa shape index (κ3) is 3.02. The van der Waals surface area contributed by atoms with E-state index in [1.165, 1.54) is 0 Å². The molecule has 2 N–H and O–H groups in total. The molecule has 2 aromatic rings. The van der Waals surface area contributed by atoms with Crippen molar-refractivity contribution < 1.29 is 14.0 Å². The lowest BCUT2D eigenvalue weighted by atomic mass is 10.2. The fraction of sp³-hybridized carbons (Fsp3) is 0.385. The quantitative estimate of drug-likeness (QED) is 0.913. The molecule has 0 aliphatic carbocycles. The zero-order valence-corrected chi connectivity index (χ0v) is 12.3. The van der Waals surface area contributed by atoms with E-state index in [1.54, 1.807) is 19.2 Å². The molecule has 0 aliphatic heterocycles. The summed E-state index contributed by atoms with van der Waals surface area (Å²) in [5.41, 5.74) is 6.04. The summed E-state index contributed by atoms with van der Waals surface area (Å²) in [7, 11) is 1.56. The van der Waals surface area contributed by atoms with Crippen LogP contribution in [0, 0.1) is 0 Å². The second-order valence-electron chi connectivity index (χ2n) is 4.37. The number of halogens is 1. The Labute approximate surface area is 121 Å². The molecule has 0 aliphatic rings. The van der Waals surface area contributed by atoms with Gasteiger partial charge in [-0.05, 0) is 19.9 Å². The van der Waals surface area contributed by atoms with Gasteiger partial charge in [-0.2, -0.15) is 4.98 Å². The summed E-state index contributed by atoms with van der Waals surface area (Å²) in [6, 6.07) is 3.39. The predicted octanol–water partition coefficient (Wildman–Crippen LogP) is 2.64. The maximum Gasteiger partial charge on any atom is 0.240 e. The van der Waals surface area contributed by atoms with Gasteiger partial charge in [0.25, 0.3) is 0 Å². The molecule has 1 aromatic carbocycles. The minimum Gasteiger partial charge on any atom is -0.493 e. The summed E-state index contributed by atoms with van der Waals surface area (Å²) in [6.45, 7) is 4.03. The topological polar surface area (TPSA) is 83.4 Å². The maximum absolute atomic E-state index is 6.24. The molecule has 0 fully saturated rings. The molecule has 0 bridgehead atoms. The molecule has 0 atom stereocenters. The van der Waals surface area contributed by atoms with Crippen LogP contribution in [-0.2, 0) is 6.54 Å². The first kappa shape index (κ1) is 14.6. The molecule has 1 aromatic heterocycles. The average molecular weight is 298 g/mol. The van der Waals surface area contributed by atoms with Crippen LogP contribution in [0.2, 0.25) is 5.02 Å². The molecule has 0 amide bonds. The molecule has 7 heteroatoms. The second-order valence-corrected chi connectivity index (χ2v) is 4.77. The molecular formula is C13H16ClN3O3. The SMILES string of the molecule is COc1cc(-c2noc(CN)n2)c(Cl)cc1OC(C)C. The van der Waals surface area contributed by atoms with Crippen LogP contribution in [0.5, 0.6) is 11.5 Å². The van der Waals surface area contributed by atoms with Crippen LogP contribution < -0.4 is 15.2 Å². The first-order valence-corrected chi connectivity index (χ1v) is 6.50. The standard InChI is InChI=1S/C13H16ClN3O3/c1-7(2)19-11-5-9(14)8(4-10(11)18-3)13-16-12(6-15)20-17-13/h4-5,7H,6,15H2,1-3H3. The van der Waals surface area contributed by atoms with Crippen LogP contribution in [0.3, 0.4) is 0 Å². The number of methoxy groups -OCH3 is 1. The Morgan fingerprint density at radius 1 is 1.35 bits per heavy atom. The van der Waals surface area contributed by atoms with Crippen LogP contribution >= 0.6 is 11.6 Å². The van der Waals surface area contributed by atoms with E-state index in [9.17, 15) is 0 Å². The molecule has 2 rings (SSSR count). The van der Waals surface area contributed by atoms with Gasteiger partial charge in [0.2, 0.25) is 11.7 Å². The number of hydrogen-bond acceptors (Lipinski definition) is 6. The lowest BCUT2D eigenvalue weighted by Crippen LogP contribution is -2.07. The second kappa shape index (κ2) is 6.11. The van der Waals surface area contributed by atoms with E-state index in [0.717, 1.165) is 0 Å². The number of nitrogens with zero attached hydrogens (tertiary/aromatic N) is 2. The van der Waals surface area contributed by atoms with Crippen molar-refractivity contribution in [2.24, 2.45) is 5.73 Å². The third-order valence-corrected chi connectivity index (χ3v) is 2.81. The fourth-order valence-electron chi connectivity index (χ4n) is 1.66. The van der Waals surface area contributed by atoms with Crippen LogP contribution in [0.4, 0.5) is 0 Å². The number of ether oxygens (including phenoxy) is 2. The Morgan fingerprint density at radius 2 is 2.10 bits per heavy atom. The summed E-state index contributed by atoms with van der Waals surface area (Å²) in [5, 5.41) is 4.29. The minimum atomic E-state index is 0.0137. The van der Waals surface area contributed by atoms with Gasteiger partial charge in [0, 0.05) is 11.6 Å². The minimum absolute atomic E-state index is 0.0137. The molecule has 0 unspecified atom stereocenters. The Bertz CT molecular complexity index is 599. The average Bonchev–Trinajstić information content (AvgIpc) is 2.87. The normalized spacial score (nSPS) is 10.9.